The number of hydrogen-bond acceptors (Lipinski definition) is 2. The monoisotopic (exact) mass is 828 g/mol. The Morgan fingerprint density at radius 3 is 1.62 bits per heavy atom. The Bertz CT molecular complexity index is 3920. The highest BCUT2D eigenvalue weighted by Gasteiger charge is 2.22. The number of hydrogen-bond donors (Lipinski definition) is 0. The quantitative estimate of drug-likeness (QED) is 0.149. The van der Waals surface area contributed by atoms with Crippen LogP contribution in [0.5, 0.6) is 0 Å². The second-order valence-corrected chi connectivity index (χ2v) is 16.9. The summed E-state index contributed by atoms with van der Waals surface area (Å²) in [6, 6.07) is 87.8. The Morgan fingerprint density at radius 2 is 0.862 bits per heavy atom. The molecule has 0 bridgehead atoms. The first-order chi connectivity index (χ1) is 32.2. The highest BCUT2D eigenvalue weighted by Crippen LogP contribution is 2.45. The van der Waals surface area contributed by atoms with Gasteiger partial charge in [-0.25, -0.2) is 0 Å². The first-order valence-electron chi connectivity index (χ1n) is 22.2. The number of furan rings is 1. The summed E-state index contributed by atoms with van der Waals surface area (Å²) in [6.07, 6.45) is 0. The zero-order valence-electron chi connectivity index (χ0n) is 35.4. The number of nitrogens with zero attached hydrogens (tertiary/aromatic N) is 2. The minimum atomic E-state index is 0.864. The van der Waals surface area contributed by atoms with Gasteiger partial charge in [-0.05, 0) is 122 Å². The van der Waals surface area contributed by atoms with Crippen LogP contribution in [-0.2, 0) is 0 Å². The molecule has 0 radical (unpaired) electrons. The lowest BCUT2D eigenvalue weighted by molar-refractivity contribution is 0.670. The van der Waals surface area contributed by atoms with Crippen molar-refractivity contribution in [3.05, 3.63) is 243 Å². The molecule has 0 atom stereocenters. The van der Waals surface area contributed by atoms with Crippen LogP contribution in [0.3, 0.4) is 0 Å². The average Bonchev–Trinajstić information content (AvgIpc) is 3.92. The summed E-state index contributed by atoms with van der Waals surface area (Å²) in [5.74, 6) is 0. The van der Waals surface area contributed by atoms with Crippen molar-refractivity contribution in [2.75, 3.05) is 4.90 Å². The number of rotatable bonds is 7. The lowest BCUT2D eigenvalue weighted by Crippen LogP contribution is -2.10. The summed E-state index contributed by atoms with van der Waals surface area (Å²) in [6.45, 7) is 0. The van der Waals surface area contributed by atoms with Gasteiger partial charge in [-0.3, -0.25) is 0 Å². The topological polar surface area (TPSA) is 21.3 Å². The summed E-state index contributed by atoms with van der Waals surface area (Å²) < 4.78 is 9.23. The zero-order valence-corrected chi connectivity index (χ0v) is 35.4. The Labute approximate surface area is 376 Å². The predicted molar refractivity (Wildman–Crippen MR) is 274 cm³/mol. The minimum Gasteiger partial charge on any atom is -0.455 e. The predicted octanol–water partition coefficient (Wildman–Crippen LogP) is 17.5. The zero-order chi connectivity index (χ0) is 42.8. The Morgan fingerprint density at radius 1 is 0.308 bits per heavy atom. The molecule has 0 fully saturated rings. The third-order valence-corrected chi connectivity index (χ3v) is 13.1. The van der Waals surface area contributed by atoms with Crippen molar-refractivity contribution in [2.45, 2.75) is 0 Å². The van der Waals surface area contributed by atoms with Gasteiger partial charge in [0.2, 0.25) is 0 Å². The van der Waals surface area contributed by atoms with Gasteiger partial charge < -0.3 is 13.9 Å². The lowest BCUT2D eigenvalue weighted by Gasteiger charge is -2.27. The molecule has 3 nitrogen and oxygen atoms in total. The summed E-state index contributed by atoms with van der Waals surface area (Å²) in [7, 11) is 0. The Balaban J connectivity index is 1.04. The van der Waals surface area contributed by atoms with E-state index >= 15 is 0 Å². The molecule has 0 unspecified atom stereocenters. The van der Waals surface area contributed by atoms with Crippen molar-refractivity contribution in [3.8, 4) is 39.1 Å². The summed E-state index contributed by atoms with van der Waals surface area (Å²) >= 11 is 0. The highest BCUT2D eigenvalue weighted by molar-refractivity contribution is 6.13. The SMILES string of the molecule is c1ccc(-c2cccc(N(c3cccc(-c4ccc5ccc6ccccc6c5c4)c3)c3cc(-c4cccc(-n5c6ccccc6c6ccccc65)c4)c4oc5ccccc5c4c3)c2)cc1. The number of anilines is 3. The van der Waals surface area contributed by atoms with Crippen LogP contribution >= 0.6 is 0 Å². The molecule has 13 rings (SSSR count). The molecule has 0 amide bonds. The molecule has 2 aromatic heterocycles. The van der Waals surface area contributed by atoms with Crippen LogP contribution in [0.4, 0.5) is 17.1 Å². The van der Waals surface area contributed by atoms with E-state index in [1.165, 1.54) is 54.5 Å². The van der Waals surface area contributed by atoms with Gasteiger partial charge in [0.15, 0.2) is 0 Å². The maximum Gasteiger partial charge on any atom is 0.143 e. The molecular weight excluding hydrogens is 789 g/mol. The smallest absolute Gasteiger partial charge is 0.143 e. The third kappa shape index (κ3) is 6.20. The second-order valence-electron chi connectivity index (χ2n) is 16.9. The molecule has 13 aromatic rings. The van der Waals surface area contributed by atoms with Crippen LogP contribution in [0, 0.1) is 0 Å². The first-order valence-corrected chi connectivity index (χ1v) is 22.2. The summed E-state index contributed by atoms with van der Waals surface area (Å²) in [5, 5.41) is 9.62. The van der Waals surface area contributed by atoms with Gasteiger partial charge in [0.25, 0.3) is 0 Å². The minimum absolute atomic E-state index is 0.864. The van der Waals surface area contributed by atoms with Gasteiger partial charge in [-0.2, -0.15) is 0 Å². The van der Waals surface area contributed by atoms with E-state index in [9.17, 15) is 0 Å². The van der Waals surface area contributed by atoms with Crippen LogP contribution < -0.4 is 4.90 Å². The number of benzene rings is 11. The van der Waals surface area contributed by atoms with Crippen molar-refractivity contribution >= 4 is 82.4 Å². The van der Waals surface area contributed by atoms with Crippen molar-refractivity contribution in [1.82, 2.24) is 4.57 Å². The van der Waals surface area contributed by atoms with E-state index in [1.807, 2.05) is 0 Å². The first kappa shape index (κ1) is 36.9. The summed E-state index contributed by atoms with van der Waals surface area (Å²) in [5.41, 5.74) is 15.1. The van der Waals surface area contributed by atoms with E-state index in [1.54, 1.807) is 0 Å². The van der Waals surface area contributed by atoms with Gasteiger partial charge in [0.05, 0.1) is 11.0 Å². The van der Waals surface area contributed by atoms with E-state index in [-0.39, 0.29) is 0 Å². The normalized spacial score (nSPS) is 11.7. The fourth-order valence-electron chi connectivity index (χ4n) is 10.1. The van der Waals surface area contributed by atoms with Crippen molar-refractivity contribution in [1.29, 1.82) is 0 Å². The van der Waals surface area contributed by atoms with Crippen LogP contribution in [-0.4, -0.2) is 4.57 Å². The second kappa shape index (κ2) is 15.0. The van der Waals surface area contributed by atoms with E-state index in [4.69, 9.17) is 4.42 Å². The van der Waals surface area contributed by atoms with Crippen LogP contribution in [0.2, 0.25) is 0 Å². The molecule has 0 aliphatic carbocycles. The maximum atomic E-state index is 6.85. The van der Waals surface area contributed by atoms with Crippen molar-refractivity contribution in [3.63, 3.8) is 0 Å². The lowest BCUT2D eigenvalue weighted by atomic mass is 9.96. The Kier molecular flexibility index (Phi) is 8.53. The molecule has 0 spiro atoms. The van der Waals surface area contributed by atoms with E-state index in [0.29, 0.717) is 0 Å². The molecule has 0 aliphatic rings. The molecule has 11 aromatic carbocycles. The third-order valence-electron chi connectivity index (χ3n) is 13.1. The van der Waals surface area contributed by atoms with Gasteiger partial charge in [-0.1, -0.05) is 170 Å². The number of para-hydroxylation sites is 3. The molecular formula is C62H40N2O. The van der Waals surface area contributed by atoms with Crippen LogP contribution in [0.15, 0.2) is 247 Å². The molecule has 0 saturated heterocycles. The van der Waals surface area contributed by atoms with Gasteiger partial charge in [-0.15, -0.1) is 0 Å². The summed E-state index contributed by atoms with van der Waals surface area (Å²) in [4.78, 5) is 2.41. The standard InChI is InChI=1S/C62H40N2O/c1-2-15-41(16-3-1)44-18-12-21-48(35-44)63(49-22-13-19-45(36-49)46-34-33-43-32-31-42-17-4-5-24-52(42)56(43)38-46)51-39-57(62-58(40-51)55-27-8-11-30-61(55)65-62)47-20-14-23-50(37-47)64-59-28-9-6-25-53(59)54-26-7-10-29-60(54)64/h1-40H. The van der Waals surface area contributed by atoms with Crippen LogP contribution in [0.25, 0.3) is 104 Å². The Hall–Kier alpha value is -8.66. The van der Waals surface area contributed by atoms with E-state index < -0.39 is 0 Å². The van der Waals surface area contributed by atoms with Gasteiger partial charge in [0.1, 0.15) is 11.2 Å². The molecule has 304 valence electrons. The maximum absolute atomic E-state index is 6.85. The molecule has 3 heteroatoms. The number of fused-ring (bicyclic) bond motifs is 9. The molecule has 0 N–H and O–H groups in total. The molecule has 65 heavy (non-hydrogen) atoms. The highest BCUT2D eigenvalue weighted by atomic mass is 16.3. The molecule has 0 saturated carbocycles. The van der Waals surface area contributed by atoms with E-state index in [0.717, 1.165) is 66.9 Å². The fourth-order valence-corrected chi connectivity index (χ4v) is 10.1. The molecule has 0 aliphatic heterocycles. The van der Waals surface area contributed by atoms with Crippen molar-refractivity contribution < 1.29 is 4.42 Å². The average molecular weight is 829 g/mol. The van der Waals surface area contributed by atoms with Crippen molar-refractivity contribution in [2.24, 2.45) is 0 Å². The van der Waals surface area contributed by atoms with Crippen LogP contribution in [0.1, 0.15) is 0 Å². The fraction of sp³-hybridized carbons (Fsp3) is 0. The van der Waals surface area contributed by atoms with E-state index in [2.05, 4.69) is 252 Å². The largest absolute Gasteiger partial charge is 0.455 e. The van der Waals surface area contributed by atoms with Gasteiger partial charge >= 0.3 is 0 Å². The van der Waals surface area contributed by atoms with Gasteiger partial charge in [0, 0.05) is 49.9 Å². The molecule has 2 heterocycles. The number of aromatic nitrogens is 1.